The van der Waals surface area contributed by atoms with Crippen LogP contribution in [0.25, 0.3) is 0 Å². The number of aliphatic hydroxyl groups is 1. The highest BCUT2D eigenvalue weighted by atomic mass is 16.6. The van der Waals surface area contributed by atoms with Crippen molar-refractivity contribution in [3.63, 3.8) is 0 Å². The fourth-order valence-corrected chi connectivity index (χ4v) is 2.04. The van der Waals surface area contributed by atoms with Gasteiger partial charge in [0.2, 0.25) is 0 Å². The summed E-state index contributed by atoms with van der Waals surface area (Å²) in [6.45, 7) is 5.43. The van der Waals surface area contributed by atoms with Gasteiger partial charge in [-0.05, 0) is 45.2 Å². The van der Waals surface area contributed by atoms with Crippen LogP contribution in [0.15, 0.2) is 18.2 Å². The van der Waals surface area contributed by atoms with Gasteiger partial charge in [0, 0.05) is 12.5 Å². The summed E-state index contributed by atoms with van der Waals surface area (Å²) in [5.74, 6) is 0.646. The van der Waals surface area contributed by atoms with Gasteiger partial charge >= 0.3 is 6.09 Å². The largest absolute Gasteiger partial charge is 0.497 e. The third kappa shape index (κ3) is 4.63. The summed E-state index contributed by atoms with van der Waals surface area (Å²) in [4.78, 5) is 11.9. The molecule has 5 heteroatoms. The molecule has 1 aliphatic rings. The summed E-state index contributed by atoms with van der Waals surface area (Å²) in [7, 11) is 1.57. The van der Waals surface area contributed by atoms with Crippen LogP contribution in [0.4, 0.5) is 10.5 Å². The number of rotatable bonds is 4. The number of carbonyl (C=O) groups is 1. The van der Waals surface area contributed by atoms with Crippen LogP contribution in [0, 0.1) is 0 Å². The standard InChI is InChI=1S/C16H23NO4/c1-15(2,3)21-14(18)17-13-9-12(20-4)6-5-11(13)10-16(19)7-8-16/h5-6,9,19H,7-8,10H2,1-4H3,(H,17,18). The third-order valence-electron chi connectivity index (χ3n) is 3.30. The van der Waals surface area contributed by atoms with E-state index >= 15 is 0 Å². The van der Waals surface area contributed by atoms with Crippen molar-refractivity contribution < 1.29 is 19.4 Å². The van der Waals surface area contributed by atoms with Crippen LogP contribution < -0.4 is 10.1 Å². The molecule has 1 amide bonds. The summed E-state index contributed by atoms with van der Waals surface area (Å²) >= 11 is 0. The maximum atomic E-state index is 11.9. The van der Waals surface area contributed by atoms with E-state index in [0.717, 1.165) is 18.4 Å². The lowest BCUT2D eigenvalue weighted by molar-refractivity contribution is 0.0635. The number of hydrogen-bond donors (Lipinski definition) is 2. The van der Waals surface area contributed by atoms with E-state index in [0.29, 0.717) is 17.9 Å². The first kappa shape index (κ1) is 15.6. The Hall–Kier alpha value is -1.75. The van der Waals surface area contributed by atoms with E-state index in [1.165, 1.54) is 0 Å². The number of benzene rings is 1. The zero-order valence-electron chi connectivity index (χ0n) is 13.0. The van der Waals surface area contributed by atoms with Crippen LogP contribution in [0.1, 0.15) is 39.2 Å². The first-order chi connectivity index (χ1) is 9.71. The number of amides is 1. The molecular weight excluding hydrogens is 270 g/mol. The van der Waals surface area contributed by atoms with Gasteiger partial charge in [-0.25, -0.2) is 4.79 Å². The lowest BCUT2D eigenvalue weighted by atomic mass is 10.0. The second-order valence-electron chi connectivity index (χ2n) is 6.55. The van der Waals surface area contributed by atoms with Gasteiger partial charge in [0.15, 0.2) is 0 Å². The lowest BCUT2D eigenvalue weighted by Crippen LogP contribution is -2.27. The number of anilines is 1. The van der Waals surface area contributed by atoms with Crippen LogP contribution in [0.2, 0.25) is 0 Å². The van der Waals surface area contributed by atoms with Gasteiger partial charge < -0.3 is 14.6 Å². The molecule has 0 saturated heterocycles. The molecule has 0 spiro atoms. The molecule has 2 rings (SSSR count). The fourth-order valence-electron chi connectivity index (χ4n) is 2.04. The van der Waals surface area contributed by atoms with Crippen molar-refractivity contribution in [1.29, 1.82) is 0 Å². The van der Waals surface area contributed by atoms with E-state index < -0.39 is 17.3 Å². The van der Waals surface area contributed by atoms with Crippen molar-refractivity contribution in [3.8, 4) is 5.75 Å². The summed E-state index contributed by atoms with van der Waals surface area (Å²) in [5, 5.41) is 12.8. The second kappa shape index (κ2) is 5.56. The van der Waals surface area contributed by atoms with Crippen LogP contribution in [-0.4, -0.2) is 29.5 Å². The average Bonchev–Trinajstić information content (AvgIpc) is 3.07. The monoisotopic (exact) mass is 293 g/mol. The predicted octanol–water partition coefficient (Wildman–Crippen LogP) is 3.11. The summed E-state index contributed by atoms with van der Waals surface area (Å²) in [6, 6.07) is 5.42. The van der Waals surface area contributed by atoms with Crippen molar-refractivity contribution in [2.45, 2.75) is 51.2 Å². The Morgan fingerprint density at radius 3 is 2.57 bits per heavy atom. The molecule has 1 aliphatic carbocycles. The Labute approximate surface area is 125 Å². The maximum absolute atomic E-state index is 11.9. The first-order valence-electron chi connectivity index (χ1n) is 7.10. The van der Waals surface area contributed by atoms with E-state index in [2.05, 4.69) is 5.32 Å². The number of carbonyl (C=O) groups excluding carboxylic acids is 1. The lowest BCUT2D eigenvalue weighted by Gasteiger charge is -2.21. The van der Waals surface area contributed by atoms with Crippen molar-refractivity contribution in [2.75, 3.05) is 12.4 Å². The molecule has 1 fully saturated rings. The Bertz CT molecular complexity index is 530. The molecule has 0 radical (unpaired) electrons. The van der Waals surface area contributed by atoms with Crippen LogP contribution in [-0.2, 0) is 11.2 Å². The molecule has 1 saturated carbocycles. The quantitative estimate of drug-likeness (QED) is 0.895. The van der Waals surface area contributed by atoms with E-state index in [1.54, 1.807) is 13.2 Å². The molecule has 0 heterocycles. The minimum atomic E-state index is -0.626. The topological polar surface area (TPSA) is 67.8 Å². The normalized spacial score (nSPS) is 16.2. The predicted molar refractivity (Wildman–Crippen MR) is 80.7 cm³/mol. The van der Waals surface area contributed by atoms with Crippen LogP contribution >= 0.6 is 0 Å². The van der Waals surface area contributed by atoms with E-state index in [1.807, 2.05) is 32.9 Å². The Kier molecular flexibility index (Phi) is 4.14. The number of hydrogen-bond acceptors (Lipinski definition) is 4. The molecule has 2 N–H and O–H groups in total. The van der Waals surface area contributed by atoms with Gasteiger partial charge in [0.1, 0.15) is 11.4 Å². The highest BCUT2D eigenvalue weighted by Crippen LogP contribution is 2.40. The molecule has 5 nitrogen and oxygen atoms in total. The average molecular weight is 293 g/mol. The van der Waals surface area contributed by atoms with Crippen molar-refractivity contribution in [1.82, 2.24) is 0 Å². The second-order valence-corrected chi connectivity index (χ2v) is 6.55. The van der Waals surface area contributed by atoms with Crippen molar-refractivity contribution in [3.05, 3.63) is 23.8 Å². The molecule has 0 atom stereocenters. The van der Waals surface area contributed by atoms with Crippen molar-refractivity contribution >= 4 is 11.8 Å². The van der Waals surface area contributed by atoms with Crippen LogP contribution in [0.3, 0.4) is 0 Å². The first-order valence-corrected chi connectivity index (χ1v) is 7.10. The number of ether oxygens (including phenoxy) is 2. The zero-order valence-corrected chi connectivity index (χ0v) is 13.0. The number of methoxy groups -OCH3 is 1. The van der Waals surface area contributed by atoms with Gasteiger partial charge in [0.05, 0.1) is 18.4 Å². The Morgan fingerprint density at radius 1 is 1.38 bits per heavy atom. The summed E-state index contributed by atoms with van der Waals surface area (Å²) < 4.78 is 10.4. The molecule has 0 bridgehead atoms. The summed E-state index contributed by atoms with van der Waals surface area (Å²) in [5.41, 5.74) is 0.308. The van der Waals surface area contributed by atoms with Gasteiger partial charge in [-0.1, -0.05) is 6.07 Å². The van der Waals surface area contributed by atoms with Gasteiger partial charge in [-0.15, -0.1) is 0 Å². The number of nitrogens with one attached hydrogen (secondary N) is 1. The fraction of sp³-hybridized carbons (Fsp3) is 0.562. The highest BCUT2D eigenvalue weighted by molar-refractivity contribution is 5.86. The van der Waals surface area contributed by atoms with E-state index in [9.17, 15) is 9.90 Å². The van der Waals surface area contributed by atoms with Gasteiger partial charge in [-0.3, -0.25) is 5.32 Å². The highest BCUT2D eigenvalue weighted by Gasteiger charge is 2.40. The minimum Gasteiger partial charge on any atom is -0.497 e. The molecule has 1 aromatic rings. The van der Waals surface area contributed by atoms with E-state index in [4.69, 9.17) is 9.47 Å². The summed E-state index contributed by atoms with van der Waals surface area (Å²) in [6.07, 6.45) is 1.59. The molecule has 0 aliphatic heterocycles. The molecule has 0 aromatic heterocycles. The molecule has 1 aromatic carbocycles. The third-order valence-corrected chi connectivity index (χ3v) is 3.30. The Balaban J connectivity index is 2.16. The Morgan fingerprint density at radius 2 is 2.05 bits per heavy atom. The van der Waals surface area contributed by atoms with Crippen molar-refractivity contribution in [2.24, 2.45) is 0 Å². The van der Waals surface area contributed by atoms with E-state index in [-0.39, 0.29) is 0 Å². The molecular formula is C16H23NO4. The van der Waals surface area contributed by atoms with Gasteiger partial charge in [0.25, 0.3) is 0 Å². The minimum absolute atomic E-state index is 0.514. The van der Waals surface area contributed by atoms with Gasteiger partial charge in [-0.2, -0.15) is 0 Å². The molecule has 116 valence electrons. The molecule has 0 unspecified atom stereocenters. The zero-order chi connectivity index (χ0) is 15.7. The smallest absolute Gasteiger partial charge is 0.412 e. The van der Waals surface area contributed by atoms with Crippen LogP contribution in [0.5, 0.6) is 5.75 Å². The maximum Gasteiger partial charge on any atom is 0.412 e. The SMILES string of the molecule is COc1ccc(CC2(O)CC2)c(NC(=O)OC(C)(C)C)c1. The molecule has 21 heavy (non-hydrogen) atoms.